The number of aromatic nitrogens is 3. The Morgan fingerprint density at radius 1 is 1.28 bits per heavy atom. The molecule has 3 rings (SSSR count). The van der Waals surface area contributed by atoms with E-state index in [9.17, 15) is 9.59 Å². The van der Waals surface area contributed by atoms with Crippen molar-refractivity contribution in [2.45, 2.75) is 19.4 Å². The molecule has 134 valence electrons. The second kappa shape index (κ2) is 7.87. The summed E-state index contributed by atoms with van der Waals surface area (Å²) in [5.74, 6) is -0.0146. The fraction of sp³-hybridized carbons (Fsp3) is 0.471. The number of H-pyrrole nitrogens is 1. The van der Waals surface area contributed by atoms with Crippen molar-refractivity contribution in [1.82, 2.24) is 29.7 Å². The number of nitrogens with zero attached hydrogens (tertiary/aromatic N) is 4. The van der Waals surface area contributed by atoms with Crippen LogP contribution < -0.4 is 5.32 Å². The van der Waals surface area contributed by atoms with Crippen LogP contribution in [-0.2, 0) is 0 Å². The van der Waals surface area contributed by atoms with Crippen LogP contribution in [0.3, 0.4) is 0 Å². The number of amides is 3. The Morgan fingerprint density at radius 2 is 2.04 bits per heavy atom. The minimum Gasteiger partial charge on any atom is -0.357 e. The number of piperazine rings is 1. The van der Waals surface area contributed by atoms with Gasteiger partial charge in [0, 0.05) is 57.4 Å². The predicted octanol–water partition coefficient (Wildman–Crippen LogP) is 1.33. The molecule has 1 saturated heterocycles. The van der Waals surface area contributed by atoms with E-state index in [1.54, 1.807) is 34.6 Å². The van der Waals surface area contributed by atoms with E-state index in [1.165, 1.54) is 0 Å². The molecule has 0 spiro atoms. The highest BCUT2D eigenvalue weighted by Crippen LogP contribution is 2.09. The van der Waals surface area contributed by atoms with Crippen LogP contribution in [0.2, 0.25) is 0 Å². The van der Waals surface area contributed by atoms with Gasteiger partial charge >= 0.3 is 6.03 Å². The van der Waals surface area contributed by atoms with E-state index in [4.69, 9.17) is 0 Å². The Bertz CT molecular complexity index is 674. The number of carbonyl (C=O) groups is 2. The summed E-state index contributed by atoms with van der Waals surface area (Å²) < 4.78 is 2.02. The van der Waals surface area contributed by atoms with Crippen molar-refractivity contribution in [1.29, 1.82) is 0 Å². The van der Waals surface area contributed by atoms with Crippen molar-refractivity contribution in [2.24, 2.45) is 0 Å². The van der Waals surface area contributed by atoms with Gasteiger partial charge in [-0.2, -0.15) is 0 Å². The lowest BCUT2D eigenvalue weighted by Gasteiger charge is -2.34. The molecule has 8 nitrogen and oxygen atoms in total. The number of nitrogens with one attached hydrogen (secondary N) is 2. The van der Waals surface area contributed by atoms with Crippen LogP contribution in [0.5, 0.6) is 0 Å². The topological polar surface area (TPSA) is 86.3 Å². The maximum Gasteiger partial charge on any atom is 0.317 e. The molecule has 0 saturated carbocycles. The minimum atomic E-state index is -0.0650. The molecule has 2 aromatic heterocycles. The first-order valence-corrected chi connectivity index (χ1v) is 8.58. The third kappa shape index (κ3) is 4.20. The average Bonchev–Trinajstić information content (AvgIpc) is 3.34. The van der Waals surface area contributed by atoms with Crippen LogP contribution in [-0.4, -0.2) is 69.0 Å². The van der Waals surface area contributed by atoms with Crippen molar-refractivity contribution >= 4 is 11.9 Å². The van der Waals surface area contributed by atoms with Gasteiger partial charge in [-0.25, -0.2) is 9.78 Å². The third-order valence-electron chi connectivity index (χ3n) is 4.55. The summed E-state index contributed by atoms with van der Waals surface area (Å²) in [6.07, 6.45) is 8.04. The van der Waals surface area contributed by atoms with Gasteiger partial charge < -0.3 is 24.7 Å². The van der Waals surface area contributed by atoms with Gasteiger partial charge in [-0.05, 0) is 25.5 Å². The smallest absolute Gasteiger partial charge is 0.317 e. The van der Waals surface area contributed by atoms with Gasteiger partial charge in [-0.15, -0.1) is 0 Å². The molecule has 3 heterocycles. The van der Waals surface area contributed by atoms with E-state index in [-0.39, 0.29) is 18.0 Å². The summed E-state index contributed by atoms with van der Waals surface area (Å²) in [6.45, 7) is 4.91. The van der Waals surface area contributed by atoms with Crippen molar-refractivity contribution < 1.29 is 9.59 Å². The first-order valence-electron chi connectivity index (χ1n) is 8.58. The fourth-order valence-electron chi connectivity index (χ4n) is 2.93. The Balaban J connectivity index is 1.39. The normalized spacial score (nSPS) is 15.9. The lowest BCUT2D eigenvalue weighted by atomic mass is 10.2. The van der Waals surface area contributed by atoms with Crippen LogP contribution in [0.1, 0.15) is 29.9 Å². The molecule has 1 aliphatic heterocycles. The standard InChI is InChI=1S/C17H24N6O2/c1-14(23-8-7-18-13-23)4-6-20-17(25)22-11-9-21(10-12-22)16(24)15-3-2-5-19-15/h2-3,5,7-8,13-14,19H,4,6,9-12H2,1H3,(H,20,25)/t14-/m1/s1. The van der Waals surface area contributed by atoms with E-state index < -0.39 is 0 Å². The Kier molecular flexibility index (Phi) is 5.37. The lowest BCUT2D eigenvalue weighted by Crippen LogP contribution is -2.53. The number of hydrogen-bond donors (Lipinski definition) is 2. The summed E-state index contributed by atoms with van der Waals surface area (Å²) in [5, 5.41) is 2.96. The van der Waals surface area contributed by atoms with E-state index >= 15 is 0 Å². The second-order valence-corrected chi connectivity index (χ2v) is 6.24. The molecule has 2 aromatic rings. The van der Waals surface area contributed by atoms with E-state index in [2.05, 4.69) is 22.2 Å². The number of aromatic amines is 1. The fourth-order valence-corrected chi connectivity index (χ4v) is 2.93. The Labute approximate surface area is 146 Å². The quantitative estimate of drug-likeness (QED) is 0.858. The van der Waals surface area contributed by atoms with Crippen LogP contribution >= 0.6 is 0 Å². The largest absolute Gasteiger partial charge is 0.357 e. The van der Waals surface area contributed by atoms with E-state index in [0.717, 1.165) is 6.42 Å². The number of carbonyl (C=O) groups excluding carboxylic acids is 2. The monoisotopic (exact) mass is 344 g/mol. The first-order chi connectivity index (χ1) is 12.1. The highest BCUT2D eigenvalue weighted by molar-refractivity contribution is 5.92. The molecule has 8 heteroatoms. The molecular weight excluding hydrogens is 320 g/mol. The second-order valence-electron chi connectivity index (χ2n) is 6.24. The molecule has 0 radical (unpaired) electrons. The first kappa shape index (κ1) is 17.1. The molecule has 1 aliphatic rings. The average molecular weight is 344 g/mol. The summed E-state index contributed by atoms with van der Waals surface area (Å²) in [5.41, 5.74) is 0.589. The molecule has 0 unspecified atom stereocenters. The van der Waals surface area contributed by atoms with Crippen molar-refractivity contribution in [3.8, 4) is 0 Å². The van der Waals surface area contributed by atoms with Crippen molar-refractivity contribution in [3.05, 3.63) is 42.7 Å². The number of rotatable bonds is 5. The Hall–Kier alpha value is -2.77. The highest BCUT2D eigenvalue weighted by Gasteiger charge is 2.25. The number of hydrogen-bond acceptors (Lipinski definition) is 3. The Morgan fingerprint density at radius 3 is 2.68 bits per heavy atom. The van der Waals surface area contributed by atoms with Gasteiger partial charge in [0.2, 0.25) is 0 Å². The molecule has 3 amide bonds. The molecule has 0 bridgehead atoms. The van der Waals surface area contributed by atoms with Crippen LogP contribution in [0.25, 0.3) is 0 Å². The highest BCUT2D eigenvalue weighted by atomic mass is 16.2. The van der Waals surface area contributed by atoms with E-state index in [1.807, 2.05) is 16.8 Å². The molecule has 0 aliphatic carbocycles. The van der Waals surface area contributed by atoms with Crippen molar-refractivity contribution in [2.75, 3.05) is 32.7 Å². The SMILES string of the molecule is C[C@H](CCNC(=O)N1CCN(C(=O)c2ccc[nH]2)CC1)n1ccnc1. The number of urea groups is 1. The van der Waals surface area contributed by atoms with Gasteiger partial charge in [0.25, 0.3) is 5.91 Å². The molecule has 25 heavy (non-hydrogen) atoms. The lowest BCUT2D eigenvalue weighted by molar-refractivity contribution is 0.0660. The summed E-state index contributed by atoms with van der Waals surface area (Å²) in [7, 11) is 0. The zero-order valence-corrected chi connectivity index (χ0v) is 14.4. The molecular formula is C17H24N6O2. The van der Waals surface area contributed by atoms with Crippen LogP contribution in [0, 0.1) is 0 Å². The summed E-state index contributed by atoms with van der Waals surface area (Å²) >= 11 is 0. The van der Waals surface area contributed by atoms with Crippen LogP contribution in [0.15, 0.2) is 37.1 Å². The molecule has 1 fully saturated rings. The molecule has 2 N–H and O–H groups in total. The van der Waals surface area contributed by atoms with Gasteiger partial charge in [0.1, 0.15) is 5.69 Å². The van der Waals surface area contributed by atoms with Crippen molar-refractivity contribution in [3.63, 3.8) is 0 Å². The molecule has 0 aromatic carbocycles. The van der Waals surface area contributed by atoms with Crippen LogP contribution in [0.4, 0.5) is 4.79 Å². The maximum atomic E-state index is 12.3. The summed E-state index contributed by atoms with van der Waals surface area (Å²) in [6, 6.07) is 3.80. The van der Waals surface area contributed by atoms with Gasteiger partial charge in [0.15, 0.2) is 0 Å². The maximum absolute atomic E-state index is 12.3. The summed E-state index contributed by atoms with van der Waals surface area (Å²) in [4.78, 5) is 35.0. The third-order valence-corrected chi connectivity index (χ3v) is 4.55. The minimum absolute atomic E-state index is 0.0146. The van der Waals surface area contributed by atoms with Gasteiger partial charge in [0.05, 0.1) is 6.33 Å². The molecule has 1 atom stereocenters. The van der Waals surface area contributed by atoms with Gasteiger partial charge in [-0.3, -0.25) is 4.79 Å². The van der Waals surface area contributed by atoms with Gasteiger partial charge in [-0.1, -0.05) is 0 Å². The zero-order chi connectivity index (χ0) is 17.6. The predicted molar refractivity (Wildman–Crippen MR) is 93.2 cm³/mol. The number of imidazole rings is 1. The van der Waals surface area contributed by atoms with E-state index in [0.29, 0.717) is 38.4 Å². The zero-order valence-electron chi connectivity index (χ0n) is 14.4.